The fraction of sp³-hybridized carbons (Fsp3) is 0.208. The van der Waals surface area contributed by atoms with E-state index in [9.17, 15) is 13.6 Å². The Hall–Kier alpha value is -3.45. The van der Waals surface area contributed by atoms with Crippen LogP contribution in [0.1, 0.15) is 36.0 Å². The van der Waals surface area contributed by atoms with E-state index in [1.54, 1.807) is 6.20 Å². The van der Waals surface area contributed by atoms with Crippen LogP contribution in [-0.4, -0.2) is 11.1 Å². The summed E-state index contributed by atoms with van der Waals surface area (Å²) in [6, 6.07) is 9.10. The number of carbonyl (C=O) groups is 1. The first-order valence-corrected chi connectivity index (χ1v) is 9.90. The number of quaternary nitrogens is 1. The Bertz CT molecular complexity index is 1100. The van der Waals surface area contributed by atoms with E-state index in [4.69, 9.17) is 15.6 Å². The zero-order chi connectivity index (χ0) is 22.5. The van der Waals surface area contributed by atoms with Crippen molar-refractivity contribution in [2.45, 2.75) is 32.8 Å². The molecule has 0 fully saturated rings. The predicted molar refractivity (Wildman–Crippen MR) is 114 cm³/mol. The van der Waals surface area contributed by atoms with Crippen LogP contribution in [0.25, 0.3) is 5.57 Å². The van der Waals surface area contributed by atoms with Crippen molar-refractivity contribution in [3.8, 4) is 5.75 Å². The maximum atomic E-state index is 14.0. The largest absolute Gasteiger partial charge is 0.488 e. The lowest BCUT2D eigenvalue weighted by molar-refractivity contribution is -0.275. The van der Waals surface area contributed by atoms with Gasteiger partial charge in [0.25, 0.3) is 0 Å². The van der Waals surface area contributed by atoms with Crippen molar-refractivity contribution in [2.75, 3.05) is 0 Å². The lowest BCUT2D eigenvalue weighted by Crippen LogP contribution is -2.40. The summed E-state index contributed by atoms with van der Waals surface area (Å²) in [5.74, 6) is -1.92. The minimum atomic E-state index is -1.19. The third-order valence-electron chi connectivity index (χ3n) is 5.20. The second-order valence-corrected chi connectivity index (χ2v) is 7.40. The van der Waals surface area contributed by atoms with Crippen molar-refractivity contribution in [1.82, 2.24) is 0 Å². The molecule has 0 aromatic heterocycles. The minimum Gasteiger partial charge on any atom is -0.488 e. The summed E-state index contributed by atoms with van der Waals surface area (Å²) in [7, 11) is 0. The molecule has 0 amide bonds. The van der Waals surface area contributed by atoms with Gasteiger partial charge in [-0.25, -0.2) is 13.6 Å². The SMILES string of the molecule is Cc1ccc(OCc2ccc(F)cc2F)c(C2=C(C(/C=C(\N)C(=O)O)=C/[NH3+])CCC2)c1. The zero-order valence-corrected chi connectivity index (χ0v) is 17.3. The number of carboxylic acid groups (broad SMARTS) is 1. The molecular weight excluding hydrogens is 402 g/mol. The average molecular weight is 427 g/mol. The summed E-state index contributed by atoms with van der Waals surface area (Å²) in [6.45, 7) is 1.91. The van der Waals surface area contributed by atoms with E-state index in [2.05, 4.69) is 5.73 Å². The lowest BCUT2D eigenvalue weighted by atomic mass is 9.95. The molecule has 0 atom stereocenters. The van der Waals surface area contributed by atoms with Crippen LogP contribution in [0, 0.1) is 18.6 Å². The smallest absolute Gasteiger partial charge is 0.351 e. The number of nitrogens with two attached hydrogens (primary N) is 1. The average Bonchev–Trinajstić information content (AvgIpc) is 3.21. The normalized spacial score (nSPS) is 14.8. The topological polar surface area (TPSA) is 100 Å². The molecule has 0 bridgehead atoms. The molecular formula is C24H25F2N2O3+. The molecule has 162 valence electrons. The first-order chi connectivity index (χ1) is 14.8. The maximum absolute atomic E-state index is 14.0. The van der Waals surface area contributed by atoms with E-state index >= 15 is 0 Å². The van der Waals surface area contributed by atoms with Crippen molar-refractivity contribution >= 4 is 11.5 Å². The van der Waals surface area contributed by atoms with E-state index in [-0.39, 0.29) is 17.9 Å². The molecule has 2 aromatic rings. The third-order valence-corrected chi connectivity index (χ3v) is 5.20. The number of benzene rings is 2. The van der Waals surface area contributed by atoms with Gasteiger partial charge in [0, 0.05) is 22.8 Å². The van der Waals surface area contributed by atoms with Gasteiger partial charge in [0.15, 0.2) is 0 Å². The van der Waals surface area contributed by atoms with Crippen molar-refractivity contribution in [1.29, 1.82) is 0 Å². The second-order valence-electron chi connectivity index (χ2n) is 7.40. The summed E-state index contributed by atoms with van der Waals surface area (Å²) >= 11 is 0. The highest BCUT2D eigenvalue weighted by Gasteiger charge is 2.23. The highest BCUT2D eigenvalue weighted by atomic mass is 19.1. The fourth-order valence-electron chi connectivity index (χ4n) is 3.66. The molecule has 3 rings (SSSR count). The Kier molecular flexibility index (Phi) is 6.87. The standard InChI is InChI=1S/C24H24F2N2O3/c1-14-5-8-23(31-13-15-6-7-17(25)11-21(15)26)20(9-14)19-4-2-3-18(19)16(12-27)10-22(28)24(29)30/h5-12H,2-4,13,27-28H2,1H3,(H,29,30)/p+1/b16-12+,22-10-. The summed E-state index contributed by atoms with van der Waals surface area (Å²) in [5.41, 5.74) is 13.9. The number of ether oxygens (including phenoxy) is 1. The van der Waals surface area contributed by atoms with Gasteiger partial charge in [0.05, 0.1) is 6.20 Å². The van der Waals surface area contributed by atoms with Crippen LogP contribution in [0.4, 0.5) is 8.78 Å². The summed E-state index contributed by atoms with van der Waals surface area (Å²) in [5, 5.41) is 9.12. The molecule has 5 nitrogen and oxygen atoms in total. The van der Waals surface area contributed by atoms with Crippen LogP contribution < -0.4 is 16.2 Å². The molecule has 1 aliphatic carbocycles. The Labute approximate surface area is 179 Å². The van der Waals surface area contributed by atoms with E-state index in [0.29, 0.717) is 11.3 Å². The van der Waals surface area contributed by atoms with Crippen LogP contribution in [-0.2, 0) is 11.4 Å². The van der Waals surface area contributed by atoms with Crippen LogP contribution in [0.2, 0.25) is 0 Å². The Morgan fingerprint density at radius 3 is 2.68 bits per heavy atom. The molecule has 0 heterocycles. The van der Waals surface area contributed by atoms with Gasteiger partial charge in [-0.15, -0.1) is 0 Å². The van der Waals surface area contributed by atoms with Gasteiger partial charge in [-0.3, -0.25) is 0 Å². The molecule has 31 heavy (non-hydrogen) atoms. The molecule has 0 saturated heterocycles. The summed E-state index contributed by atoms with van der Waals surface area (Å²) < 4.78 is 33.1. The van der Waals surface area contributed by atoms with E-state index in [0.717, 1.165) is 47.6 Å². The minimum absolute atomic E-state index is 0.0469. The first-order valence-electron chi connectivity index (χ1n) is 9.90. The van der Waals surface area contributed by atoms with Gasteiger partial charge < -0.3 is 21.3 Å². The molecule has 0 radical (unpaired) electrons. The number of halogens is 2. The van der Waals surface area contributed by atoms with Gasteiger partial charge in [-0.1, -0.05) is 11.6 Å². The van der Waals surface area contributed by atoms with Crippen molar-refractivity contribution in [3.63, 3.8) is 0 Å². The molecule has 7 heteroatoms. The van der Waals surface area contributed by atoms with Crippen molar-refractivity contribution < 1.29 is 29.2 Å². The van der Waals surface area contributed by atoms with Gasteiger partial charge >= 0.3 is 5.97 Å². The Morgan fingerprint density at radius 1 is 1.23 bits per heavy atom. The highest BCUT2D eigenvalue weighted by Crippen LogP contribution is 2.42. The summed E-state index contributed by atoms with van der Waals surface area (Å²) in [4.78, 5) is 11.2. The number of hydrogen-bond donors (Lipinski definition) is 3. The predicted octanol–water partition coefficient (Wildman–Crippen LogP) is 3.84. The molecule has 0 spiro atoms. The van der Waals surface area contributed by atoms with Gasteiger partial charge in [-0.2, -0.15) is 0 Å². The molecule has 0 aliphatic heterocycles. The molecule has 1 aliphatic rings. The zero-order valence-electron chi connectivity index (χ0n) is 17.3. The van der Waals surface area contributed by atoms with E-state index < -0.39 is 17.6 Å². The van der Waals surface area contributed by atoms with Crippen molar-refractivity contribution in [2.24, 2.45) is 5.73 Å². The molecule has 0 unspecified atom stereocenters. The van der Waals surface area contributed by atoms with Crippen molar-refractivity contribution in [3.05, 3.63) is 93.8 Å². The first kappa shape index (κ1) is 22.2. The number of hydrogen-bond acceptors (Lipinski definition) is 3. The molecule has 0 saturated carbocycles. The van der Waals surface area contributed by atoms with Crippen LogP contribution >= 0.6 is 0 Å². The van der Waals surface area contributed by atoms with Gasteiger partial charge in [0.2, 0.25) is 0 Å². The fourth-order valence-corrected chi connectivity index (χ4v) is 3.66. The maximum Gasteiger partial charge on any atom is 0.351 e. The second kappa shape index (κ2) is 9.57. The Balaban J connectivity index is 1.99. The van der Waals surface area contributed by atoms with Crippen LogP contribution in [0.5, 0.6) is 5.75 Å². The van der Waals surface area contributed by atoms with Crippen LogP contribution in [0.3, 0.4) is 0 Å². The number of carboxylic acids is 1. The number of aryl methyl sites for hydroxylation is 1. The summed E-state index contributed by atoms with van der Waals surface area (Å²) in [6.07, 6.45) is 5.43. The monoisotopic (exact) mass is 427 g/mol. The number of aliphatic carboxylic acids is 1. The Morgan fingerprint density at radius 2 is 2.00 bits per heavy atom. The van der Waals surface area contributed by atoms with Crippen LogP contribution in [0.15, 0.2) is 65.5 Å². The number of allylic oxidation sites excluding steroid dienone is 4. The van der Waals surface area contributed by atoms with E-state index in [1.165, 1.54) is 18.2 Å². The third kappa shape index (κ3) is 5.19. The van der Waals surface area contributed by atoms with Gasteiger partial charge in [-0.05, 0) is 67.7 Å². The lowest BCUT2D eigenvalue weighted by Gasteiger charge is -2.16. The van der Waals surface area contributed by atoms with Gasteiger partial charge in [0.1, 0.15) is 29.7 Å². The number of rotatable bonds is 7. The quantitative estimate of drug-likeness (QED) is 0.462. The molecule has 2 aromatic carbocycles. The highest BCUT2D eigenvalue weighted by molar-refractivity contribution is 5.87. The molecule has 6 N–H and O–H groups in total. The van der Waals surface area contributed by atoms with E-state index in [1.807, 2.05) is 25.1 Å².